The zero-order valence-electron chi connectivity index (χ0n) is 11.0. The van der Waals surface area contributed by atoms with E-state index in [4.69, 9.17) is 0 Å². The number of β-amino-alcohol motifs (C(OH)–C–C–N with tert-alkyl or cyclic N) is 1. The number of hydrogen-bond acceptors (Lipinski definition) is 5. The third-order valence-corrected chi connectivity index (χ3v) is 3.47. The number of nitro groups is 1. The maximum atomic E-state index is 11.1. The Labute approximate surface area is 111 Å². The number of anilines is 1. The lowest BCUT2D eigenvalue weighted by Crippen LogP contribution is -2.29. The van der Waals surface area contributed by atoms with Gasteiger partial charge >= 0.3 is 0 Å². The molecule has 104 valence electrons. The summed E-state index contributed by atoms with van der Waals surface area (Å²) in [6.45, 7) is 4.26. The topological polar surface area (TPSA) is 86.8 Å². The van der Waals surface area contributed by atoms with Gasteiger partial charge in [0.05, 0.1) is 16.6 Å². The van der Waals surface area contributed by atoms with Crippen molar-refractivity contribution >= 4 is 11.4 Å². The largest absolute Gasteiger partial charge is 0.389 e. The minimum atomic E-state index is -0.809. The lowest BCUT2D eigenvalue weighted by Gasteiger charge is -2.21. The van der Waals surface area contributed by atoms with Crippen LogP contribution >= 0.6 is 0 Å². The van der Waals surface area contributed by atoms with Crippen molar-refractivity contribution in [1.82, 2.24) is 0 Å². The average Bonchev–Trinajstić information content (AvgIpc) is 2.68. The maximum Gasteiger partial charge on any atom is 0.292 e. The van der Waals surface area contributed by atoms with Crippen molar-refractivity contribution in [3.8, 4) is 0 Å². The van der Waals surface area contributed by atoms with E-state index >= 15 is 0 Å². The Morgan fingerprint density at radius 2 is 2.21 bits per heavy atom. The Hall–Kier alpha value is -1.66. The standard InChI is InChI=1S/C13H18N2O4/c1-9(16)10-3-4-11(12(7-10)15(18)19)14-6-5-13(2,17)8-14/h3-4,7,9,16-17H,5-6,8H2,1-2H3/t9-,13?/m1/s1. The van der Waals surface area contributed by atoms with Crippen LogP contribution in [0.15, 0.2) is 18.2 Å². The summed E-state index contributed by atoms with van der Waals surface area (Å²) in [7, 11) is 0. The fourth-order valence-electron chi connectivity index (χ4n) is 2.36. The first kappa shape index (κ1) is 13.8. The molecule has 0 amide bonds. The van der Waals surface area contributed by atoms with Crippen molar-refractivity contribution in [2.45, 2.75) is 32.0 Å². The molecule has 1 aromatic rings. The lowest BCUT2D eigenvalue weighted by molar-refractivity contribution is -0.384. The van der Waals surface area contributed by atoms with E-state index in [0.29, 0.717) is 30.8 Å². The van der Waals surface area contributed by atoms with E-state index in [1.807, 2.05) is 4.90 Å². The highest BCUT2D eigenvalue weighted by molar-refractivity contribution is 5.65. The molecule has 2 N–H and O–H groups in total. The number of rotatable bonds is 3. The van der Waals surface area contributed by atoms with Gasteiger partial charge in [-0.2, -0.15) is 0 Å². The third kappa shape index (κ3) is 2.85. The molecule has 2 rings (SSSR count). The molecular weight excluding hydrogens is 248 g/mol. The van der Waals surface area contributed by atoms with Crippen LogP contribution in [0.3, 0.4) is 0 Å². The summed E-state index contributed by atoms with van der Waals surface area (Å²) in [5.41, 5.74) is 0.168. The summed E-state index contributed by atoms with van der Waals surface area (Å²) in [5.74, 6) is 0. The van der Waals surface area contributed by atoms with Gasteiger partial charge in [0, 0.05) is 19.2 Å². The van der Waals surface area contributed by atoms with Gasteiger partial charge in [0.1, 0.15) is 5.69 Å². The van der Waals surface area contributed by atoms with Crippen LogP contribution in [0.2, 0.25) is 0 Å². The van der Waals surface area contributed by atoms with E-state index in [1.165, 1.54) is 6.07 Å². The SMILES string of the molecule is C[C@@H](O)c1ccc(N2CCC(C)(O)C2)c([N+](=O)[O-])c1. The van der Waals surface area contributed by atoms with Gasteiger partial charge in [-0.25, -0.2) is 0 Å². The molecule has 0 radical (unpaired) electrons. The van der Waals surface area contributed by atoms with Crippen molar-refractivity contribution in [3.63, 3.8) is 0 Å². The quantitative estimate of drug-likeness (QED) is 0.641. The highest BCUT2D eigenvalue weighted by Crippen LogP contribution is 2.35. The van der Waals surface area contributed by atoms with Crippen LogP contribution in [0, 0.1) is 10.1 Å². The molecule has 1 heterocycles. The summed E-state index contributed by atoms with van der Waals surface area (Å²) in [4.78, 5) is 12.5. The van der Waals surface area contributed by atoms with Crippen LogP contribution in [0.4, 0.5) is 11.4 Å². The normalized spacial score (nSPS) is 24.5. The zero-order valence-corrected chi connectivity index (χ0v) is 11.0. The molecule has 1 aliphatic heterocycles. The van der Waals surface area contributed by atoms with Gasteiger partial charge in [-0.1, -0.05) is 6.07 Å². The second kappa shape index (κ2) is 4.79. The Bertz CT molecular complexity index is 499. The molecule has 6 nitrogen and oxygen atoms in total. The van der Waals surface area contributed by atoms with E-state index in [2.05, 4.69) is 0 Å². The molecule has 0 bridgehead atoms. The average molecular weight is 266 g/mol. The number of benzene rings is 1. The molecule has 1 saturated heterocycles. The second-order valence-corrected chi connectivity index (χ2v) is 5.35. The van der Waals surface area contributed by atoms with Gasteiger partial charge in [-0.15, -0.1) is 0 Å². The van der Waals surface area contributed by atoms with Crippen LogP contribution in [-0.2, 0) is 0 Å². The molecule has 0 saturated carbocycles. The molecule has 19 heavy (non-hydrogen) atoms. The molecule has 6 heteroatoms. The monoisotopic (exact) mass is 266 g/mol. The first-order valence-corrected chi connectivity index (χ1v) is 6.24. The number of hydrogen-bond donors (Lipinski definition) is 2. The fourth-order valence-corrected chi connectivity index (χ4v) is 2.36. The van der Waals surface area contributed by atoms with Crippen molar-refractivity contribution in [1.29, 1.82) is 0 Å². The molecule has 1 unspecified atom stereocenters. The third-order valence-electron chi connectivity index (χ3n) is 3.47. The van der Waals surface area contributed by atoms with E-state index in [-0.39, 0.29) is 5.69 Å². The van der Waals surface area contributed by atoms with Crippen LogP contribution in [0.1, 0.15) is 31.9 Å². The summed E-state index contributed by atoms with van der Waals surface area (Å²) in [5, 5.41) is 30.6. The van der Waals surface area contributed by atoms with Crippen molar-refractivity contribution in [2.24, 2.45) is 0 Å². The van der Waals surface area contributed by atoms with E-state index in [1.54, 1.807) is 26.0 Å². The molecular formula is C13H18N2O4. The van der Waals surface area contributed by atoms with Crippen LogP contribution < -0.4 is 4.90 Å². The van der Waals surface area contributed by atoms with Crippen LogP contribution in [-0.4, -0.2) is 33.8 Å². The number of aliphatic hydroxyl groups is 2. The van der Waals surface area contributed by atoms with E-state index in [9.17, 15) is 20.3 Å². The van der Waals surface area contributed by atoms with Crippen molar-refractivity contribution in [2.75, 3.05) is 18.0 Å². The number of aliphatic hydroxyl groups excluding tert-OH is 1. The van der Waals surface area contributed by atoms with Gasteiger partial charge in [-0.3, -0.25) is 10.1 Å². The molecule has 1 aliphatic rings. The Kier molecular flexibility index (Phi) is 3.47. The maximum absolute atomic E-state index is 11.1. The minimum Gasteiger partial charge on any atom is -0.389 e. The summed E-state index contributed by atoms with van der Waals surface area (Å²) < 4.78 is 0. The minimum absolute atomic E-state index is 0.0314. The first-order chi connectivity index (χ1) is 8.80. The first-order valence-electron chi connectivity index (χ1n) is 6.24. The highest BCUT2D eigenvalue weighted by Gasteiger charge is 2.34. The highest BCUT2D eigenvalue weighted by atomic mass is 16.6. The second-order valence-electron chi connectivity index (χ2n) is 5.35. The fraction of sp³-hybridized carbons (Fsp3) is 0.538. The number of nitro benzene ring substituents is 1. The van der Waals surface area contributed by atoms with E-state index < -0.39 is 16.6 Å². The molecule has 0 aliphatic carbocycles. The molecule has 1 aromatic carbocycles. The van der Waals surface area contributed by atoms with E-state index in [0.717, 1.165) is 0 Å². The number of nitrogens with zero attached hydrogens (tertiary/aromatic N) is 2. The van der Waals surface area contributed by atoms with Crippen LogP contribution in [0.25, 0.3) is 0 Å². The summed E-state index contributed by atoms with van der Waals surface area (Å²) >= 11 is 0. The molecule has 2 atom stereocenters. The van der Waals surface area contributed by atoms with Crippen molar-refractivity contribution in [3.05, 3.63) is 33.9 Å². The van der Waals surface area contributed by atoms with Crippen molar-refractivity contribution < 1.29 is 15.1 Å². The molecule has 0 aromatic heterocycles. The Morgan fingerprint density at radius 3 is 2.68 bits per heavy atom. The van der Waals surface area contributed by atoms with Gasteiger partial charge < -0.3 is 15.1 Å². The zero-order chi connectivity index (χ0) is 14.2. The summed E-state index contributed by atoms with van der Waals surface area (Å²) in [6, 6.07) is 4.72. The molecule has 1 fully saturated rings. The predicted molar refractivity (Wildman–Crippen MR) is 71.2 cm³/mol. The smallest absolute Gasteiger partial charge is 0.292 e. The van der Waals surface area contributed by atoms with Gasteiger partial charge in [-0.05, 0) is 31.9 Å². The van der Waals surface area contributed by atoms with Gasteiger partial charge in [0.25, 0.3) is 5.69 Å². The van der Waals surface area contributed by atoms with Gasteiger partial charge in [0.15, 0.2) is 0 Å². The lowest BCUT2D eigenvalue weighted by atomic mass is 10.1. The van der Waals surface area contributed by atoms with Gasteiger partial charge in [0.2, 0.25) is 0 Å². The molecule has 0 spiro atoms. The Morgan fingerprint density at radius 1 is 1.53 bits per heavy atom. The van der Waals surface area contributed by atoms with Crippen LogP contribution in [0.5, 0.6) is 0 Å². The Balaban J connectivity index is 2.38. The summed E-state index contributed by atoms with van der Waals surface area (Å²) in [6.07, 6.45) is -0.156. The predicted octanol–water partition coefficient (Wildman–Crippen LogP) is 1.61.